The van der Waals surface area contributed by atoms with Gasteiger partial charge in [-0.25, -0.2) is 4.90 Å². The van der Waals surface area contributed by atoms with Crippen molar-refractivity contribution in [2.75, 3.05) is 4.90 Å². The van der Waals surface area contributed by atoms with Crippen LogP contribution in [0.5, 0.6) is 5.75 Å². The Morgan fingerprint density at radius 1 is 1.00 bits per heavy atom. The molecule has 4 nitrogen and oxygen atoms in total. The third kappa shape index (κ3) is 1.52. The van der Waals surface area contributed by atoms with Gasteiger partial charge in [0.2, 0.25) is 11.8 Å². The molecule has 1 saturated heterocycles. The maximum Gasteiger partial charge on any atom is 0.237 e. The maximum atomic E-state index is 12.3. The second-order valence-corrected chi connectivity index (χ2v) is 5.00. The van der Waals surface area contributed by atoms with Gasteiger partial charge in [0.05, 0.1) is 17.5 Å². The van der Waals surface area contributed by atoms with E-state index < -0.39 is 0 Å². The average molecular weight is 245 g/mol. The van der Waals surface area contributed by atoms with Gasteiger partial charge in [-0.3, -0.25) is 9.59 Å². The zero-order chi connectivity index (χ0) is 12.7. The number of carbonyl (C=O) groups is 2. The summed E-state index contributed by atoms with van der Waals surface area (Å²) in [7, 11) is 0. The summed E-state index contributed by atoms with van der Waals surface area (Å²) in [5.41, 5.74) is 0.321. The Kier molecular flexibility index (Phi) is 2.58. The summed E-state index contributed by atoms with van der Waals surface area (Å²) in [6.45, 7) is 0. The fourth-order valence-electron chi connectivity index (χ4n) is 3.05. The van der Waals surface area contributed by atoms with Crippen LogP contribution in [0, 0.1) is 11.8 Å². The number of benzene rings is 1. The van der Waals surface area contributed by atoms with E-state index >= 15 is 0 Å². The number of carbonyl (C=O) groups excluding carboxylic acids is 2. The molecule has 2 amide bonds. The molecule has 0 unspecified atom stereocenters. The molecule has 1 aliphatic heterocycles. The topological polar surface area (TPSA) is 57.6 Å². The number of anilines is 1. The second-order valence-electron chi connectivity index (χ2n) is 5.00. The molecule has 18 heavy (non-hydrogen) atoms. The summed E-state index contributed by atoms with van der Waals surface area (Å²) in [4.78, 5) is 25.8. The summed E-state index contributed by atoms with van der Waals surface area (Å²) in [5, 5.41) is 9.79. The van der Waals surface area contributed by atoms with Gasteiger partial charge in [-0.15, -0.1) is 0 Å². The van der Waals surface area contributed by atoms with Gasteiger partial charge in [0.1, 0.15) is 5.75 Å². The van der Waals surface area contributed by atoms with Crippen LogP contribution in [0.2, 0.25) is 0 Å². The van der Waals surface area contributed by atoms with E-state index in [1.807, 2.05) is 0 Å². The monoisotopic (exact) mass is 245 g/mol. The van der Waals surface area contributed by atoms with E-state index in [1.54, 1.807) is 18.2 Å². The molecule has 0 spiro atoms. The van der Waals surface area contributed by atoms with Crippen molar-refractivity contribution >= 4 is 17.5 Å². The lowest BCUT2D eigenvalue weighted by atomic mass is 9.81. The molecular formula is C14H15NO3. The fraction of sp³-hybridized carbons (Fsp3) is 0.429. The Hall–Kier alpha value is -1.84. The van der Waals surface area contributed by atoms with Gasteiger partial charge in [0.25, 0.3) is 0 Å². The predicted octanol–water partition coefficient (Wildman–Crippen LogP) is 2.07. The number of amides is 2. The number of phenolic OH excluding ortho intramolecular Hbond substituents is 1. The fourth-order valence-corrected chi connectivity index (χ4v) is 3.05. The molecule has 1 aromatic rings. The number of para-hydroxylation sites is 2. The standard InChI is InChI=1S/C14H15NO3/c16-12-8-4-3-7-11(12)15-13(17)9-5-1-2-6-10(9)14(15)18/h3-4,7-10,16H,1-2,5-6H2/t9-,10-/m1/s1. The molecular weight excluding hydrogens is 230 g/mol. The second kappa shape index (κ2) is 4.12. The minimum Gasteiger partial charge on any atom is -0.506 e. The normalized spacial score (nSPS) is 27.4. The first-order chi connectivity index (χ1) is 8.70. The summed E-state index contributed by atoms with van der Waals surface area (Å²) in [6.07, 6.45) is 3.60. The van der Waals surface area contributed by atoms with Crippen LogP contribution in [-0.2, 0) is 9.59 Å². The number of rotatable bonds is 1. The van der Waals surface area contributed by atoms with Crippen LogP contribution in [0.4, 0.5) is 5.69 Å². The van der Waals surface area contributed by atoms with Crippen LogP contribution in [0.3, 0.4) is 0 Å². The summed E-state index contributed by atoms with van der Waals surface area (Å²) in [5.74, 6) is -0.660. The first-order valence-electron chi connectivity index (χ1n) is 6.36. The van der Waals surface area contributed by atoms with E-state index in [0.29, 0.717) is 5.69 Å². The molecule has 0 aromatic heterocycles. The molecule has 0 radical (unpaired) electrons. The number of nitrogens with zero attached hydrogens (tertiary/aromatic N) is 1. The quantitative estimate of drug-likeness (QED) is 0.770. The van der Waals surface area contributed by atoms with Crippen LogP contribution in [-0.4, -0.2) is 16.9 Å². The molecule has 0 bridgehead atoms. The van der Waals surface area contributed by atoms with Crippen LogP contribution in [0.25, 0.3) is 0 Å². The summed E-state index contributed by atoms with van der Waals surface area (Å²) >= 11 is 0. The highest BCUT2D eigenvalue weighted by molar-refractivity contribution is 6.22. The maximum absolute atomic E-state index is 12.3. The number of hydrogen-bond acceptors (Lipinski definition) is 3. The molecule has 2 aliphatic rings. The van der Waals surface area contributed by atoms with Crippen molar-refractivity contribution in [1.82, 2.24) is 0 Å². The molecule has 4 heteroatoms. The van der Waals surface area contributed by atoms with Gasteiger partial charge in [-0.2, -0.15) is 0 Å². The molecule has 1 saturated carbocycles. The highest BCUT2D eigenvalue weighted by atomic mass is 16.3. The first-order valence-corrected chi connectivity index (χ1v) is 6.36. The van der Waals surface area contributed by atoms with E-state index in [1.165, 1.54) is 11.0 Å². The van der Waals surface area contributed by atoms with E-state index in [2.05, 4.69) is 0 Å². The van der Waals surface area contributed by atoms with Crippen molar-refractivity contribution in [2.24, 2.45) is 11.8 Å². The first kappa shape index (κ1) is 11.3. The SMILES string of the molecule is O=C1[C@@H]2CCCC[C@H]2C(=O)N1c1ccccc1O. The number of phenols is 1. The van der Waals surface area contributed by atoms with Gasteiger partial charge in [-0.05, 0) is 25.0 Å². The Labute approximate surface area is 105 Å². The van der Waals surface area contributed by atoms with Crippen molar-refractivity contribution in [3.05, 3.63) is 24.3 Å². The lowest BCUT2D eigenvalue weighted by molar-refractivity contribution is -0.122. The van der Waals surface area contributed by atoms with Crippen LogP contribution in [0.1, 0.15) is 25.7 Å². The van der Waals surface area contributed by atoms with Crippen LogP contribution >= 0.6 is 0 Å². The van der Waals surface area contributed by atoms with E-state index in [9.17, 15) is 14.7 Å². The number of fused-ring (bicyclic) bond motifs is 1. The van der Waals surface area contributed by atoms with Gasteiger partial charge in [-0.1, -0.05) is 25.0 Å². The molecule has 1 heterocycles. The van der Waals surface area contributed by atoms with Gasteiger partial charge >= 0.3 is 0 Å². The minimum absolute atomic E-state index is 0.0159. The zero-order valence-corrected chi connectivity index (χ0v) is 10.0. The molecule has 2 fully saturated rings. The number of imide groups is 1. The van der Waals surface area contributed by atoms with Crippen LogP contribution in [0.15, 0.2) is 24.3 Å². The van der Waals surface area contributed by atoms with E-state index in [-0.39, 0.29) is 29.4 Å². The minimum atomic E-state index is -0.175. The Bertz CT molecular complexity index is 488. The van der Waals surface area contributed by atoms with E-state index in [4.69, 9.17) is 0 Å². The average Bonchev–Trinajstić information content (AvgIpc) is 2.64. The van der Waals surface area contributed by atoms with Crippen molar-refractivity contribution in [3.8, 4) is 5.75 Å². The van der Waals surface area contributed by atoms with Crippen molar-refractivity contribution in [1.29, 1.82) is 0 Å². The van der Waals surface area contributed by atoms with E-state index in [0.717, 1.165) is 25.7 Å². The molecule has 1 aliphatic carbocycles. The lowest BCUT2D eigenvalue weighted by Crippen LogP contribution is -2.30. The summed E-state index contributed by atoms with van der Waals surface area (Å²) in [6, 6.07) is 6.51. The van der Waals surface area contributed by atoms with Gasteiger partial charge in [0, 0.05) is 0 Å². The highest BCUT2D eigenvalue weighted by Crippen LogP contribution is 2.41. The lowest BCUT2D eigenvalue weighted by Gasteiger charge is -2.19. The van der Waals surface area contributed by atoms with Crippen molar-refractivity contribution in [2.45, 2.75) is 25.7 Å². The summed E-state index contributed by atoms with van der Waals surface area (Å²) < 4.78 is 0. The number of aromatic hydroxyl groups is 1. The third-order valence-electron chi connectivity index (χ3n) is 3.96. The highest BCUT2D eigenvalue weighted by Gasteiger charge is 2.49. The Morgan fingerprint density at radius 3 is 2.11 bits per heavy atom. The van der Waals surface area contributed by atoms with Gasteiger partial charge < -0.3 is 5.11 Å². The molecule has 94 valence electrons. The Morgan fingerprint density at radius 2 is 1.56 bits per heavy atom. The smallest absolute Gasteiger partial charge is 0.237 e. The number of hydrogen-bond donors (Lipinski definition) is 1. The predicted molar refractivity (Wildman–Crippen MR) is 66.0 cm³/mol. The third-order valence-corrected chi connectivity index (χ3v) is 3.96. The molecule has 2 atom stereocenters. The largest absolute Gasteiger partial charge is 0.506 e. The van der Waals surface area contributed by atoms with Crippen molar-refractivity contribution < 1.29 is 14.7 Å². The molecule has 1 N–H and O–H groups in total. The Balaban J connectivity index is 2.00. The zero-order valence-electron chi connectivity index (χ0n) is 10.0. The van der Waals surface area contributed by atoms with Crippen LogP contribution < -0.4 is 4.90 Å². The molecule has 3 rings (SSSR count). The van der Waals surface area contributed by atoms with Crippen molar-refractivity contribution in [3.63, 3.8) is 0 Å². The van der Waals surface area contributed by atoms with Gasteiger partial charge in [0.15, 0.2) is 0 Å². The molecule has 1 aromatic carbocycles.